The molecule has 7 heteroatoms. The Balaban J connectivity index is 1.47. The standard InChI is InChI=1S/C20H18F4N2O/c21-18-14-6-7-25-10-12(14)4-5-17(18)26-19(27)16-9-15(16)11-2-1-3-13(8-11)20(22,23)24/h1-5,8,15-16,25H,6-7,9-10H2,(H,26,27). The van der Waals surface area contributed by atoms with Crippen molar-refractivity contribution < 1.29 is 22.4 Å². The van der Waals surface area contributed by atoms with Gasteiger partial charge in [0, 0.05) is 12.5 Å². The Bertz CT molecular complexity index is 894. The lowest BCUT2D eigenvalue weighted by molar-refractivity contribution is -0.137. The highest BCUT2D eigenvalue weighted by molar-refractivity contribution is 5.95. The number of halogens is 4. The number of amides is 1. The highest BCUT2D eigenvalue weighted by atomic mass is 19.4. The van der Waals surface area contributed by atoms with Crippen LogP contribution in [-0.2, 0) is 23.9 Å². The molecule has 0 aromatic heterocycles. The third kappa shape index (κ3) is 3.56. The van der Waals surface area contributed by atoms with Crippen molar-refractivity contribution in [3.8, 4) is 0 Å². The molecule has 27 heavy (non-hydrogen) atoms. The number of nitrogens with one attached hydrogen (secondary N) is 2. The van der Waals surface area contributed by atoms with E-state index in [4.69, 9.17) is 0 Å². The van der Waals surface area contributed by atoms with Gasteiger partial charge < -0.3 is 10.6 Å². The molecular weight excluding hydrogens is 360 g/mol. The maximum absolute atomic E-state index is 14.6. The Morgan fingerprint density at radius 1 is 1.19 bits per heavy atom. The zero-order valence-electron chi connectivity index (χ0n) is 14.4. The number of anilines is 1. The van der Waals surface area contributed by atoms with Crippen molar-refractivity contribution in [3.63, 3.8) is 0 Å². The summed E-state index contributed by atoms with van der Waals surface area (Å²) in [6, 6.07) is 8.38. The van der Waals surface area contributed by atoms with E-state index in [0.29, 0.717) is 37.1 Å². The predicted octanol–water partition coefficient (Wildman–Crippen LogP) is 4.23. The van der Waals surface area contributed by atoms with Crippen molar-refractivity contribution in [2.45, 2.75) is 31.5 Å². The summed E-state index contributed by atoms with van der Waals surface area (Å²) in [7, 11) is 0. The highest BCUT2D eigenvalue weighted by Crippen LogP contribution is 2.49. The van der Waals surface area contributed by atoms with Crippen LogP contribution in [0.15, 0.2) is 36.4 Å². The van der Waals surface area contributed by atoms with Gasteiger partial charge in [-0.15, -0.1) is 0 Å². The van der Waals surface area contributed by atoms with Gasteiger partial charge in [-0.3, -0.25) is 4.79 Å². The minimum Gasteiger partial charge on any atom is -0.323 e. The molecular formula is C20H18F4N2O. The number of hydrogen-bond acceptors (Lipinski definition) is 2. The second kappa shape index (κ2) is 6.64. The van der Waals surface area contributed by atoms with Crippen molar-refractivity contribution in [2.24, 2.45) is 5.92 Å². The van der Waals surface area contributed by atoms with Crippen molar-refractivity contribution in [3.05, 3.63) is 64.5 Å². The predicted molar refractivity (Wildman–Crippen MR) is 92.7 cm³/mol. The molecule has 2 aromatic rings. The van der Waals surface area contributed by atoms with Crippen LogP contribution in [0.25, 0.3) is 0 Å². The largest absolute Gasteiger partial charge is 0.416 e. The number of carbonyl (C=O) groups is 1. The average Bonchev–Trinajstić information content (AvgIpc) is 3.45. The van der Waals surface area contributed by atoms with Crippen molar-refractivity contribution in [2.75, 3.05) is 11.9 Å². The van der Waals surface area contributed by atoms with Crippen LogP contribution < -0.4 is 10.6 Å². The van der Waals surface area contributed by atoms with Crippen LogP contribution >= 0.6 is 0 Å². The quantitative estimate of drug-likeness (QED) is 0.785. The van der Waals surface area contributed by atoms with Gasteiger partial charge in [-0.2, -0.15) is 13.2 Å². The number of alkyl halides is 3. The number of fused-ring (bicyclic) bond motifs is 1. The van der Waals surface area contributed by atoms with E-state index < -0.39 is 23.5 Å². The molecule has 2 aromatic carbocycles. The molecule has 2 atom stereocenters. The Hall–Kier alpha value is -2.41. The first-order valence-corrected chi connectivity index (χ1v) is 8.83. The van der Waals surface area contributed by atoms with Gasteiger partial charge in [0.15, 0.2) is 0 Å². The zero-order chi connectivity index (χ0) is 19.2. The number of carbonyl (C=O) groups excluding carboxylic acids is 1. The lowest BCUT2D eigenvalue weighted by Gasteiger charge is -2.19. The van der Waals surface area contributed by atoms with Gasteiger partial charge in [0.2, 0.25) is 5.91 Å². The normalized spacial score (nSPS) is 21.5. The fourth-order valence-corrected chi connectivity index (χ4v) is 3.65. The van der Waals surface area contributed by atoms with E-state index in [1.54, 1.807) is 18.2 Å². The van der Waals surface area contributed by atoms with Crippen LogP contribution in [0, 0.1) is 11.7 Å². The van der Waals surface area contributed by atoms with Gasteiger partial charge in [0.05, 0.1) is 11.3 Å². The molecule has 1 aliphatic carbocycles. The average molecular weight is 378 g/mol. The third-order valence-corrected chi connectivity index (χ3v) is 5.23. The van der Waals surface area contributed by atoms with E-state index in [-0.39, 0.29) is 17.5 Å². The summed E-state index contributed by atoms with van der Waals surface area (Å²) in [5.74, 6) is -1.48. The van der Waals surface area contributed by atoms with Gasteiger partial charge in [-0.1, -0.05) is 24.3 Å². The Labute approximate surface area is 153 Å². The van der Waals surface area contributed by atoms with E-state index in [0.717, 1.165) is 17.7 Å². The van der Waals surface area contributed by atoms with Crippen molar-refractivity contribution >= 4 is 11.6 Å². The highest BCUT2D eigenvalue weighted by Gasteiger charge is 2.45. The molecule has 0 saturated heterocycles. The first kappa shape index (κ1) is 18.0. The van der Waals surface area contributed by atoms with Gasteiger partial charge in [-0.25, -0.2) is 4.39 Å². The lowest BCUT2D eigenvalue weighted by atomic mass is 9.99. The molecule has 0 bridgehead atoms. The second-order valence-electron chi connectivity index (χ2n) is 7.05. The molecule has 2 unspecified atom stereocenters. The minimum atomic E-state index is -4.41. The number of rotatable bonds is 3. The monoisotopic (exact) mass is 378 g/mol. The van der Waals surface area contributed by atoms with Crippen LogP contribution in [0.1, 0.15) is 34.6 Å². The number of hydrogen-bond donors (Lipinski definition) is 2. The number of benzene rings is 2. The van der Waals surface area contributed by atoms with Gasteiger partial charge in [-0.05, 0) is 54.1 Å². The maximum Gasteiger partial charge on any atom is 0.416 e. The Morgan fingerprint density at radius 3 is 2.78 bits per heavy atom. The van der Waals surface area contributed by atoms with Gasteiger partial charge in [0.25, 0.3) is 0 Å². The summed E-state index contributed by atoms with van der Waals surface area (Å²) >= 11 is 0. The summed E-state index contributed by atoms with van der Waals surface area (Å²) in [6.45, 7) is 1.28. The minimum absolute atomic E-state index is 0.135. The summed E-state index contributed by atoms with van der Waals surface area (Å²) in [6.07, 6.45) is -3.39. The second-order valence-corrected chi connectivity index (χ2v) is 7.05. The van der Waals surface area contributed by atoms with E-state index >= 15 is 0 Å². The van der Waals surface area contributed by atoms with E-state index in [9.17, 15) is 22.4 Å². The van der Waals surface area contributed by atoms with Crippen LogP contribution in [0.3, 0.4) is 0 Å². The fourth-order valence-electron chi connectivity index (χ4n) is 3.65. The summed E-state index contributed by atoms with van der Waals surface area (Å²) in [4.78, 5) is 12.4. The molecule has 1 heterocycles. The van der Waals surface area contributed by atoms with Gasteiger partial charge >= 0.3 is 6.18 Å². The molecule has 142 valence electrons. The van der Waals surface area contributed by atoms with Crippen LogP contribution in [0.2, 0.25) is 0 Å². The molecule has 2 aliphatic rings. The van der Waals surface area contributed by atoms with Crippen LogP contribution in [0.4, 0.5) is 23.2 Å². The molecule has 1 saturated carbocycles. The lowest BCUT2D eigenvalue weighted by Crippen LogP contribution is -2.25. The molecule has 4 rings (SSSR count). The van der Waals surface area contributed by atoms with Gasteiger partial charge in [0.1, 0.15) is 5.82 Å². The molecule has 3 nitrogen and oxygen atoms in total. The van der Waals surface area contributed by atoms with E-state index in [1.807, 2.05) is 0 Å². The van der Waals surface area contributed by atoms with Crippen molar-refractivity contribution in [1.82, 2.24) is 5.32 Å². The van der Waals surface area contributed by atoms with Crippen molar-refractivity contribution in [1.29, 1.82) is 0 Å². The van der Waals surface area contributed by atoms with E-state index in [2.05, 4.69) is 10.6 Å². The Kier molecular flexibility index (Phi) is 4.42. The van der Waals surface area contributed by atoms with Crippen LogP contribution in [-0.4, -0.2) is 12.5 Å². The van der Waals surface area contributed by atoms with Crippen LogP contribution in [0.5, 0.6) is 0 Å². The first-order chi connectivity index (χ1) is 12.8. The summed E-state index contributed by atoms with van der Waals surface area (Å²) in [5.41, 5.74) is 1.39. The third-order valence-electron chi connectivity index (χ3n) is 5.23. The Morgan fingerprint density at radius 2 is 2.00 bits per heavy atom. The first-order valence-electron chi connectivity index (χ1n) is 8.83. The zero-order valence-corrected chi connectivity index (χ0v) is 14.4. The fraction of sp³-hybridized carbons (Fsp3) is 0.350. The molecule has 1 fully saturated rings. The molecule has 0 radical (unpaired) electrons. The van der Waals surface area contributed by atoms with E-state index in [1.165, 1.54) is 6.07 Å². The molecule has 1 aliphatic heterocycles. The molecule has 0 spiro atoms. The molecule has 1 amide bonds. The topological polar surface area (TPSA) is 41.1 Å². The summed E-state index contributed by atoms with van der Waals surface area (Å²) < 4.78 is 53.2. The molecule has 2 N–H and O–H groups in total. The smallest absolute Gasteiger partial charge is 0.323 e. The SMILES string of the molecule is O=C(Nc1ccc2c(c1F)CCNC2)C1CC1c1cccc(C(F)(F)F)c1. The maximum atomic E-state index is 14.6. The summed E-state index contributed by atoms with van der Waals surface area (Å²) in [5, 5.41) is 5.77.